The number of rotatable bonds is 3. The van der Waals surface area contributed by atoms with Crippen molar-refractivity contribution < 1.29 is 19.1 Å². The molecule has 2 atom stereocenters. The van der Waals surface area contributed by atoms with Gasteiger partial charge in [0.15, 0.2) is 6.04 Å². The maximum absolute atomic E-state index is 12.1. The number of esters is 1. The molecule has 1 fully saturated rings. The first-order valence-corrected chi connectivity index (χ1v) is 8.21. The fraction of sp³-hybridized carbons (Fsp3) is 0.368. The first-order valence-electron chi connectivity index (χ1n) is 8.21. The molecule has 0 saturated carbocycles. The maximum Gasteiger partial charge on any atom is 0.410 e. The molecule has 1 aromatic rings. The molecule has 4 rings (SSSR count). The van der Waals surface area contributed by atoms with Crippen LogP contribution in [0.3, 0.4) is 0 Å². The zero-order chi connectivity index (χ0) is 16.7. The van der Waals surface area contributed by atoms with E-state index >= 15 is 0 Å². The molecule has 0 aromatic heterocycles. The van der Waals surface area contributed by atoms with Crippen LogP contribution in [0.25, 0.3) is 5.57 Å². The van der Waals surface area contributed by atoms with Gasteiger partial charge < -0.3 is 9.47 Å². The van der Waals surface area contributed by atoms with Crippen molar-refractivity contribution in [3.05, 3.63) is 53.1 Å². The SMILES string of the molecule is COC(=O)[C@@H]1CN1C(=O)OCC1C2=C(C=CCC2)c2ccccc21. The van der Waals surface area contributed by atoms with Crippen molar-refractivity contribution >= 4 is 17.6 Å². The minimum absolute atomic E-state index is 0.113. The second-order valence-corrected chi connectivity index (χ2v) is 6.29. The van der Waals surface area contributed by atoms with Crippen LogP contribution in [-0.4, -0.2) is 43.3 Å². The van der Waals surface area contributed by atoms with E-state index < -0.39 is 12.1 Å². The molecule has 1 aromatic carbocycles. The molecule has 5 nitrogen and oxygen atoms in total. The Hall–Kier alpha value is -2.56. The highest BCUT2D eigenvalue weighted by Gasteiger charge is 2.46. The lowest BCUT2D eigenvalue weighted by Gasteiger charge is -2.18. The van der Waals surface area contributed by atoms with Crippen LogP contribution in [0.4, 0.5) is 4.79 Å². The highest BCUT2D eigenvalue weighted by Crippen LogP contribution is 2.46. The predicted octanol–water partition coefficient (Wildman–Crippen LogP) is 2.88. The molecule has 0 radical (unpaired) electrons. The Morgan fingerprint density at radius 3 is 2.96 bits per heavy atom. The molecule has 1 amide bonds. The van der Waals surface area contributed by atoms with E-state index in [0.717, 1.165) is 12.8 Å². The number of nitrogens with zero attached hydrogens (tertiary/aromatic N) is 1. The Labute approximate surface area is 140 Å². The van der Waals surface area contributed by atoms with Crippen LogP contribution in [0.2, 0.25) is 0 Å². The normalized spacial score (nSPS) is 23.6. The van der Waals surface area contributed by atoms with Gasteiger partial charge in [-0.05, 0) is 29.5 Å². The number of carbonyl (C=O) groups excluding carboxylic acids is 2. The molecular weight excluding hydrogens is 306 g/mol. The van der Waals surface area contributed by atoms with E-state index in [9.17, 15) is 9.59 Å². The lowest BCUT2D eigenvalue weighted by molar-refractivity contribution is -0.140. The van der Waals surface area contributed by atoms with Crippen molar-refractivity contribution in [1.29, 1.82) is 0 Å². The maximum atomic E-state index is 12.1. The zero-order valence-electron chi connectivity index (χ0n) is 13.5. The Balaban J connectivity index is 1.47. The molecule has 5 heteroatoms. The highest BCUT2D eigenvalue weighted by molar-refractivity contribution is 5.87. The number of hydrogen-bond acceptors (Lipinski definition) is 4. The monoisotopic (exact) mass is 325 g/mol. The van der Waals surface area contributed by atoms with Gasteiger partial charge in [0, 0.05) is 5.92 Å². The van der Waals surface area contributed by atoms with Gasteiger partial charge in [-0.1, -0.05) is 42.0 Å². The number of hydrogen-bond donors (Lipinski definition) is 0. The van der Waals surface area contributed by atoms with Gasteiger partial charge in [-0.3, -0.25) is 4.90 Å². The van der Waals surface area contributed by atoms with E-state index in [4.69, 9.17) is 4.74 Å². The Morgan fingerprint density at radius 2 is 2.12 bits per heavy atom. The van der Waals surface area contributed by atoms with Gasteiger partial charge in [0.25, 0.3) is 0 Å². The van der Waals surface area contributed by atoms with E-state index in [2.05, 4.69) is 29.0 Å². The van der Waals surface area contributed by atoms with Crippen molar-refractivity contribution in [2.45, 2.75) is 24.8 Å². The second kappa shape index (κ2) is 5.82. The summed E-state index contributed by atoms with van der Waals surface area (Å²) in [6.07, 6.45) is 5.95. The van der Waals surface area contributed by atoms with Crippen LogP contribution < -0.4 is 0 Å². The predicted molar refractivity (Wildman–Crippen MR) is 88.3 cm³/mol. The van der Waals surface area contributed by atoms with Gasteiger partial charge in [-0.15, -0.1) is 0 Å². The molecule has 3 aliphatic rings. The zero-order valence-corrected chi connectivity index (χ0v) is 13.5. The third kappa shape index (κ3) is 2.40. The summed E-state index contributed by atoms with van der Waals surface area (Å²) >= 11 is 0. The van der Waals surface area contributed by atoms with Crippen LogP contribution >= 0.6 is 0 Å². The van der Waals surface area contributed by atoms with Crippen molar-refractivity contribution in [2.24, 2.45) is 0 Å². The van der Waals surface area contributed by atoms with Crippen molar-refractivity contribution in [3.63, 3.8) is 0 Å². The fourth-order valence-electron chi connectivity index (χ4n) is 3.65. The van der Waals surface area contributed by atoms with E-state index in [1.165, 1.54) is 34.3 Å². The first kappa shape index (κ1) is 15.0. The van der Waals surface area contributed by atoms with Gasteiger partial charge in [0.05, 0.1) is 13.7 Å². The molecule has 2 aliphatic carbocycles. The molecule has 1 heterocycles. The molecule has 124 valence electrons. The minimum Gasteiger partial charge on any atom is -0.467 e. The second-order valence-electron chi connectivity index (χ2n) is 6.29. The van der Waals surface area contributed by atoms with Crippen molar-refractivity contribution in [2.75, 3.05) is 20.3 Å². The molecule has 0 spiro atoms. The number of benzene rings is 1. The first-order chi connectivity index (χ1) is 11.7. The van der Waals surface area contributed by atoms with Crippen LogP contribution in [-0.2, 0) is 14.3 Å². The average molecular weight is 325 g/mol. The Bertz CT molecular complexity index is 764. The number of fused-ring (bicyclic) bond motifs is 2. The topological polar surface area (TPSA) is 55.6 Å². The summed E-state index contributed by atoms with van der Waals surface area (Å²) in [4.78, 5) is 24.9. The summed E-state index contributed by atoms with van der Waals surface area (Å²) in [5.41, 5.74) is 5.08. The van der Waals surface area contributed by atoms with Crippen molar-refractivity contribution in [1.82, 2.24) is 4.90 Å². The largest absolute Gasteiger partial charge is 0.467 e. The molecule has 0 bridgehead atoms. The third-order valence-corrected chi connectivity index (χ3v) is 4.95. The van der Waals surface area contributed by atoms with Crippen LogP contribution in [0.1, 0.15) is 29.9 Å². The van der Waals surface area contributed by atoms with Gasteiger partial charge in [0.1, 0.15) is 6.61 Å². The highest BCUT2D eigenvalue weighted by atomic mass is 16.6. The average Bonchev–Trinajstić information content (AvgIpc) is 3.37. The molecular formula is C19H19NO4. The summed E-state index contributed by atoms with van der Waals surface area (Å²) in [5, 5.41) is 0. The number of amides is 1. The molecule has 1 aliphatic heterocycles. The van der Waals surface area contributed by atoms with Crippen molar-refractivity contribution in [3.8, 4) is 0 Å². The molecule has 1 saturated heterocycles. The summed E-state index contributed by atoms with van der Waals surface area (Å²) in [5.74, 6) is -0.276. The Morgan fingerprint density at radius 1 is 1.29 bits per heavy atom. The minimum atomic E-state index is -0.481. The van der Waals surface area contributed by atoms with Gasteiger partial charge in [0.2, 0.25) is 0 Å². The molecule has 0 N–H and O–H groups in total. The van der Waals surface area contributed by atoms with E-state index in [1.54, 1.807) is 0 Å². The standard InChI is InChI=1S/C19H19NO4/c1-23-18(21)17-10-20(17)19(22)24-11-16-14-8-4-2-6-12(14)13-7-3-5-9-15(13)16/h2-4,6-8,16-17H,5,9-11H2,1H3/t16?,17-,20?/m0/s1. The van der Waals surface area contributed by atoms with Crippen LogP contribution in [0, 0.1) is 0 Å². The van der Waals surface area contributed by atoms with Gasteiger partial charge in [-0.25, -0.2) is 9.59 Å². The summed E-state index contributed by atoms with van der Waals surface area (Å²) in [7, 11) is 1.32. The van der Waals surface area contributed by atoms with Crippen LogP contribution in [0.15, 0.2) is 42.0 Å². The van der Waals surface area contributed by atoms with E-state index in [1.807, 2.05) is 12.1 Å². The quantitative estimate of drug-likeness (QED) is 0.633. The number of ether oxygens (including phenoxy) is 2. The van der Waals surface area contributed by atoms with Gasteiger partial charge >= 0.3 is 12.1 Å². The number of allylic oxidation sites excluding steroid dienone is 3. The summed E-state index contributed by atoms with van der Waals surface area (Å²) in [6.45, 7) is 0.691. The number of carbonyl (C=O) groups is 2. The lowest BCUT2D eigenvalue weighted by atomic mass is 9.91. The molecule has 24 heavy (non-hydrogen) atoms. The number of methoxy groups -OCH3 is 1. The Kier molecular flexibility index (Phi) is 3.63. The molecule has 1 unspecified atom stereocenters. The summed E-state index contributed by atoms with van der Waals surface area (Å²) in [6, 6.07) is 7.81. The van der Waals surface area contributed by atoms with E-state index in [-0.39, 0.29) is 11.9 Å². The lowest BCUT2D eigenvalue weighted by Crippen LogP contribution is -2.22. The smallest absolute Gasteiger partial charge is 0.410 e. The third-order valence-electron chi connectivity index (χ3n) is 4.95. The van der Waals surface area contributed by atoms with Crippen LogP contribution in [0.5, 0.6) is 0 Å². The fourth-order valence-corrected chi connectivity index (χ4v) is 3.65. The summed E-state index contributed by atoms with van der Waals surface area (Å²) < 4.78 is 10.1. The van der Waals surface area contributed by atoms with Gasteiger partial charge in [-0.2, -0.15) is 0 Å². The van der Waals surface area contributed by atoms with E-state index in [0.29, 0.717) is 13.2 Å².